The normalized spacial score (nSPS) is 19.2. The van der Waals surface area contributed by atoms with Crippen LogP contribution in [0.15, 0.2) is 24.3 Å². The lowest BCUT2D eigenvalue weighted by Crippen LogP contribution is -2.30. The predicted octanol–water partition coefficient (Wildman–Crippen LogP) is 3.12. The fourth-order valence-electron chi connectivity index (χ4n) is 2.26. The predicted molar refractivity (Wildman–Crippen MR) is 76.2 cm³/mol. The van der Waals surface area contributed by atoms with Crippen molar-refractivity contribution in [3.63, 3.8) is 0 Å². The quantitative estimate of drug-likeness (QED) is 0.892. The van der Waals surface area contributed by atoms with Gasteiger partial charge >= 0.3 is 0 Å². The lowest BCUT2D eigenvalue weighted by molar-refractivity contribution is 0.225. The minimum atomic E-state index is 0. The molecule has 1 aliphatic rings. The smallest absolute Gasteiger partial charge is 0.0453 e. The SMILES string of the molecule is CC(c1ccccc1Cl)N1CCCNCC1.Cl. The zero-order valence-corrected chi connectivity index (χ0v) is 11.7. The Labute approximate surface area is 115 Å². The van der Waals surface area contributed by atoms with Gasteiger partial charge < -0.3 is 5.32 Å². The summed E-state index contributed by atoms with van der Waals surface area (Å²) in [5.41, 5.74) is 1.24. The van der Waals surface area contributed by atoms with Crippen LogP contribution in [0, 0.1) is 0 Å². The van der Waals surface area contributed by atoms with Crippen LogP contribution in [-0.4, -0.2) is 31.1 Å². The number of hydrogen-bond acceptors (Lipinski definition) is 2. The Bertz CT molecular complexity index is 336. The molecule has 0 aromatic heterocycles. The van der Waals surface area contributed by atoms with Gasteiger partial charge in [-0.15, -0.1) is 12.4 Å². The number of nitrogens with zero attached hydrogens (tertiary/aromatic N) is 1. The van der Waals surface area contributed by atoms with Crippen LogP contribution in [0.2, 0.25) is 5.02 Å². The maximum atomic E-state index is 6.24. The first-order valence-electron chi connectivity index (χ1n) is 5.98. The molecule has 1 fully saturated rings. The van der Waals surface area contributed by atoms with E-state index in [2.05, 4.69) is 29.3 Å². The maximum Gasteiger partial charge on any atom is 0.0453 e. The van der Waals surface area contributed by atoms with E-state index < -0.39 is 0 Å². The third-order valence-electron chi connectivity index (χ3n) is 3.28. The van der Waals surface area contributed by atoms with Gasteiger partial charge in [0.2, 0.25) is 0 Å². The second-order valence-corrected chi connectivity index (χ2v) is 4.74. The van der Waals surface area contributed by atoms with E-state index >= 15 is 0 Å². The van der Waals surface area contributed by atoms with Gasteiger partial charge in [-0.1, -0.05) is 29.8 Å². The first-order valence-corrected chi connectivity index (χ1v) is 6.36. The van der Waals surface area contributed by atoms with Gasteiger partial charge in [-0.3, -0.25) is 4.90 Å². The maximum absolute atomic E-state index is 6.24. The summed E-state index contributed by atoms with van der Waals surface area (Å²) in [6.07, 6.45) is 1.22. The van der Waals surface area contributed by atoms with Crippen LogP contribution in [0.5, 0.6) is 0 Å². The van der Waals surface area contributed by atoms with E-state index in [1.165, 1.54) is 12.0 Å². The minimum absolute atomic E-state index is 0. The van der Waals surface area contributed by atoms with E-state index in [0.29, 0.717) is 6.04 Å². The van der Waals surface area contributed by atoms with E-state index in [1.54, 1.807) is 0 Å². The molecule has 0 saturated carbocycles. The topological polar surface area (TPSA) is 15.3 Å². The molecule has 1 aromatic carbocycles. The van der Waals surface area contributed by atoms with Crippen molar-refractivity contribution in [1.29, 1.82) is 0 Å². The van der Waals surface area contributed by atoms with Crippen molar-refractivity contribution in [2.24, 2.45) is 0 Å². The van der Waals surface area contributed by atoms with Gasteiger partial charge in [0.15, 0.2) is 0 Å². The van der Waals surface area contributed by atoms with Gasteiger partial charge in [0, 0.05) is 24.2 Å². The molecule has 1 heterocycles. The lowest BCUT2D eigenvalue weighted by atomic mass is 10.1. The van der Waals surface area contributed by atoms with Gasteiger partial charge in [-0.2, -0.15) is 0 Å². The van der Waals surface area contributed by atoms with Gasteiger partial charge in [-0.25, -0.2) is 0 Å². The van der Waals surface area contributed by atoms with Gasteiger partial charge in [0.25, 0.3) is 0 Å². The van der Waals surface area contributed by atoms with E-state index in [4.69, 9.17) is 11.6 Å². The van der Waals surface area contributed by atoms with Crippen LogP contribution in [0.25, 0.3) is 0 Å². The number of nitrogens with one attached hydrogen (secondary N) is 1. The van der Waals surface area contributed by atoms with Crippen LogP contribution in [-0.2, 0) is 0 Å². The van der Waals surface area contributed by atoms with Gasteiger partial charge in [0.1, 0.15) is 0 Å². The van der Waals surface area contributed by atoms with Crippen molar-refractivity contribution in [2.75, 3.05) is 26.2 Å². The van der Waals surface area contributed by atoms with Crippen molar-refractivity contribution in [3.05, 3.63) is 34.9 Å². The fourth-order valence-corrected chi connectivity index (χ4v) is 2.56. The fraction of sp³-hybridized carbons (Fsp3) is 0.538. The average molecular weight is 275 g/mol. The zero-order valence-electron chi connectivity index (χ0n) is 10.2. The van der Waals surface area contributed by atoms with Gasteiger partial charge in [-0.05, 0) is 38.1 Å². The second kappa shape index (κ2) is 7.22. The minimum Gasteiger partial charge on any atom is -0.315 e. The Hall–Kier alpha value is -0.280. The monoisotopic (exact) mass is 274 g/mol. The molecule has 2 nitrogen and oxygen atoms in total. The van der Waals surface area contributed by atoms with Gasteiger partial charge in [0.05, 0.1) is 0 Å². The molecule has 0 radical (unpaired) electrons. The number of benzene rings is 1. The number of halogens is 2. The van der Waals surface area contributed by atoms with E-state index in [9.17, 15) is 0 Å². The molecule has 1 unspecified atom stereocenters. The molecule has 0 amide bonds. The Kier molecular flexibility index (Phi) is 6.28. The Morgan fingerprint density at radius 2 is 2.00 bits per heavy atom. The van der Waals surface area contributed by atoms with Crippen LogP contribution in [0.3, 0.4) is 0 Å². The van der Waals surface area contributed by atoms with Crippen LogP contribution in [0.4, 0.5) is 0 Å². The summed E-state index contributed by atoms with van der Waals surface area (Å²) in [5.74, 6) is 0. The molecule has 2 rings (SSSR count). The molecular formula is C13H20Cl2N2. The number of hydrogen-bond donors (Lipinski definition) is 1. The molecule has 0 aliphatic carbocycles. The molecule has 1 aliphatic heterocycles. The van der Waals surface area contributed by atoms with E-state index in [1.807, 2.05) is 12.1 Å². The molecule has 1 N–H and O–H groups in total. The van der Waals surface area contributed by atoms with Crippen molar-refractivity contribution >= 4 is 24.0 Å². The second-order valence-electron chi connectivity index (χ2n) is 4.34. The van der Waals surface area contributed by atoms with Crippen LogP contribution < -0.4 is 5.32 Å². The van der Waals surface area contributed by atoms with Crippen LogP contribution in [0.1, 0.15) is 24.9 Å². The average Bonchev–Trinajstić information content (AvgIpc) is 2.57. The largest absolute Gasteiger partial charge is 0.315 e. The van der Waals surface area contributed by atoms with E-state index in [0.717, 1.165) is 31.2 Å². The van der Waals surface area contributed by atoms with E-state index in [-0.39, 0.29) is 12.4 Å². The molecule has 1 atom stereocenters. The van der Waals surface area contributed by atoms with Crippen LogP contribution >= 0.6 is 24.0 Å². The molecule has 17 heavy (non-hydrogen) atoms. The highest BCUT2D eigenvalue weighted by molar-refractivity contribution is 6.31. The third-order valence-corrected chi connectivity index (χ3v) is 3.62. The third kappa shape index (κ3) is 3.85. The summed E-state index contributed by atoms with van der Waals surface area (Å²) in [4.78, 5) is 2.50. The lowest BCUT2D eigenvalue weighted by Gasteiger charge is -2.28. The molecule has 1 aromatic rings. The van der Waals surface area contributed by atoms with Crippen molar-refractivity contribution < 1.29 is 0 Å². The highest BCUT2D eigenvalue weighted by atomic mass is 35.5. The zero-order chi connectivity index (χ0) is 11.4. The number of rotatable bonds is 2. The summed E-state index contributed by atoms with van der Waals surface area (Å²) < 4.78 is 0. The summed E-state index contributed by atoms with van der Waals surface area (Å²) >= 11 is 6.24. The first-order chi connectivity index (χ1) is 7.79. The Morgan fingerprint density at radius 3 is 2.76 bits per heavy atom. The Balaban J connectivity index is 0.00000144. The molecule has 0 spiro atoms. The molecule has 1 saturated heterocycles. The first kappa shape index (κ1) is 14.8. The Morgan fingerprint density at radius 1 is 1.24 bits per heavy atom. The standard InChI is InChI=1S/C13H19ClN2.ClH/c1-11(12-5-2-3-6-13(12)14)16-9-4-7-15-8-10-16;/h2-3,5-6,11,15H,4,7-10H2,1H3;1H. The highest BCUT2D eigenvalue weighted by Gasteiger charge is 2.18. The summed E-state index contributed by atoms with van der Waals surface area (Å²) in [6.45, 7) is 6.71. The van der Waals surface area contributed by atoms with Crippen molar-refractivity contribution in [1.82, 2.24) is 10.2 Å². The summed E-state index contributed by atoms with van der Waals surface area (Å²) in [7, 11) is 0. The summed E-state index contributed by atoms with van der Waals surface area (Å²) in [6, 6.07) is 8.57. The highest BCUT2D eigenvalue weighted by Crippen LogP contribution is 2.27. The van der Waals surface area contributed by atoms with Crippen molar-refractivity contribution in [3.8, 4) is 0 Å². The molecule has 4 heteroatoms. The molecule has 96 valence electrons. The summed E-state index contributed by atoms with van der Waals surface area (Å²) in [5, 5.41) is 4.31. The molecular weight excluding hydrogens is 255 g/mol. The molecule has 0 bridgehead atoms. The van der Waals surface area contributed by atoms with Crippen molar-refractivity contribution in [2.45, 2.75) is 19.4 Å².